The maximum absolute atomic E-state index is 5.90. The van der Waals surface area contributed by atoms with Gasteiger partial charge in [-0.15, -0.1) is 12.4 Å². The van der Waals surface area contributed by atoms with Crippen molar-refractivity contribution in [2.45, 2.75) is 0 Å². The van der Waals surface area contributed by atoms with E-state index in [4.69, 9.17) is 10.5 Å². The molecule has 0 aliphatic carbocycles. The number of hydrogen-bond donors (Lipinski definition) is 1. The molecule has 74 valence electrons. The third kappa shape index (κ3) is 1.61. The van der Waals surface area contributed by atoms with Gasteiger partial charge in [-0.1, -0.05) is 30.3 Å². The van der Waals surface area contributed by atoms with Crippen molar-refractivity contribution in [2.24, 2.45) is 0 Å². The van der Waals surface area contributed by atoms with E-state index in [9.17, 15) is 0 Å². The second kappa shape index (κ2) is 4.20. The SMILES string of the molecule is COc1ccc2ccccc2c1N.Cl. The highest BCUT2D eigenvalue weighted by Crippen LogP contribution is 2.29. The van der Waals surface area contributed by atoms with Crippen LogP contribution in [0.3, 0.4) is 0 Å². The first kappa shape index (κ1) is 10.7. The minimum atomic E-state index is 0. The van der Waals surface area contributed by atoms with Crippen molar-refractivity contribution in [2.75, 3.05) is 12.8 Å². The van der Waals surface area contributed by atoms with Crippen molar-refractivity contribution in [3.05, 3.63) is 36.4 Å². The van der Waals surface area contributed by atoms with Gasteiger partial charge in [-0.05, 0) is 11.5 Å². The lowest BCUT2D eigenvalue weighted by atomic mass is 10.1. The van der Waals surface area contributed by atoms with E-state index in [1.807, 2.05) is 36.4 Å². The number of nitrogen functional groups attached to an aromatic ring is 1. The lowest BCUT2D eigenvalue weighted by Crippen LogP contribution is -1.92. The third-order valence-corrected chi connectivity index (χ3v) is 2.15. The first-order chi connectivity index (χ1) is 6.33. The van der Waals surface area contributed by atoms with Gasteiger partial charge in [0.25, 0.3) is 0 Å². The summed E-state index contributed by atoms with van der Waals surface area (Å²) in [7, 11) is 1.63. The van der Waals surface area contributed by atoms with Crippen LogP contribution in [-0.2, 0) is 0 Å². The van der Waals surface area contributed by atoms with Crippen LogP contribution in [0.2, 0.25) is 0 Å². The molecule has 2 aromatic carbocycles. The first-order valence-electron chi connectivity index (χ1n) is 4.14. The summed E-state index contributed by atoms with van der Waals surface area (Å²) >= 11 is 0. The summed E-state index contributed by atoms with van der Waals surface area (Å²) < 4.78 is 5.13. The van der Waals surface area contributed by atoms with Crippen molar-refractivity contribution in [3.63, 3.8) is 0 Å². The van der Waals surface area contributed by atoms with Crippen LogP contribution in [0.1, 0.15) is 0 Å². The molecule has 3 heteroatoms. The molecule has 0 saturated carbocycles. The molecule has 14 heavy (non-hydrogen) atoms. The molecule has 0 aliphatic rings. The molecule has 0 heterocycles. The summed E-state index contributed by atoms with van der Waals surface area (Å²) in [4.78, 5) is 0. The fourth-order valence-electron chi connectivity index (χ4n) is 1.45. The molecule has 0 aliphatic heterocycles. The summed E-state index contributed by atoms with van der Waals surface area (Å²) in [5, 5.41) is 2.18. The van der Waals surface area contributed by atoms with Gasteiger partial charge >= 0.3 is 0 Å². The lowest BCUT2D eigenvalue weighted by Gasteiger charge is -2.06. The van der Waals surface area contributed by atoms with Crippen molar-refractivity contribution in [3.8, 4) is 5.75 Å². The van der Waals surface area contributed by atoms with Crippen LogP contribution in [0.25, 0.3) is 10.8 Å². The van der Waals surface area contributed by atoms with E-state index in [0.29, 0.717) is 5.69 Å². The van der Waals surface area contributed by atoms with Crippen LogP contribution in [0.5, 0.6) is 5.75 Å². The molecule has 2 N–H and O–H groups in total. The molecule has 0 atom stereocenters. The molecule has 0 amide bonds. The summed E-state index contributed by atoms with van der Waals surface area (Å²) in [5.41, 5.74) is 6.61. The zero-order valence-electron chi connectivity index (χ0n) is 7.86. The Hall–Kier alpha value is -1.41. The fraction of sp³-hybridized carbons (Fsp3) is 0.0909. The molecule has 2 rings (SSSR count). The summed E-state index contributed by atoms with van der Waals surface area (Å²) in [5.74, 6) is 0.735. The molecule has 2 aromatic rings. The van der Waals surface area contributed by atoms with Crippen molar-refractivity contribution in [1.29, 1.82) is 0 Å². The van der Waals surface area contributed by atoms with Gasteiger partial charge in [0.2, 0.25) is 0 Å². The van der Waals surface area contributed by atoms with E-state index in [1.165, 1.54) is 0 Å². The maximum Gasteiger partial charge on any atom is 0.142 e. The van der Waals surface area contributed by atoms with Gasteiger partial charge in [0, 0.05) is 5.39 Å². The Morgan fingerprint density at radius 3 is 2.50 bits per heavy atom. The molecular weight excluding hydrogens is 198 g/mol. The van der Waals surface area contributed by atoms with Gasteiger partial charge < -0.3 is 10.5 Å². The molecule has 0 radical (unpaired) electrons. The van der Waals surface area contributed by atoms with Gasteiger partial charge in [-0.3, -0.25) is 0 Å². The highest BCUT2D eigenvalue weighted by molar-refractivity contribution is 5.95. The number of anilines is 1. The van der Waals surface area contributed by atoms with Gasteiger partial charge in [0.1, 0.15) is 5.75 Å². The van der Waals surface area contributed by atoms with Crippen LogP contribution in [0.15, 0.2) is 36.4 Å². The van der Waals surface area contributed by atoms with E-state index in [2.05, 4.69) is 0 Å². The number of nitrogens with two attached hydrogens (primary N) is 1. The van der Waals surface area contributed by atoms with Gasteiger partial charge in [0.05, 0.1) is 12.8 Å². The normalized spacial score (nSPS) is 9.50. The number of fused-ring (bicyclic) bond motifs is 1. The largest absolute Gasteiger partial charge is 0.495 e. The summed E-state index contributed by atoms with van der Waals surface area (Å²) in [6.07, 6.45) is 0. The van der Waals surface area contributed by atoms with Crippen LogP contribution in [0.4, 0.5) is 5.69 Å². The van der Waals surface area contributed by atoms with Crippen LogP contribution >= 0.6 is 12.4 Å². The van der Waals surface area contributed by atoms with E-state index in [0.717, 1.165) is 16.5 Å². The second-order valence-electron chi connectivity index (χ2n) is 2.90. The van der Waals surface area contributed by atoms with Crippen LogP contribution in [0, 0.1) is 0 Å². The highest BCUT2D eigenvalue weighted by Gasteiger charge is 2.02. The number of ether oxygens (including phenoxy) is 1. The average molecular weight is 210 g/mol. The fourth-order valence-corrected chi connectivity index (χ4v) is 1.45. The summed E-state index contributed by atoms with van der Waals surface area (Å²) in [6.45, 7) is 0. The Kier molecular flexibility index (Phi) is 3.20. The predicted molar refractivity (Wildman–Crippen MR) is 62.2 cm³/mol. The smallest absolute Gasteiger partial charge is 0.142 e. The Bertz CT molecular complexity index is 442. The lowest BCUT2D eigenvalue weighted by molar-refractivity contribution is 0.417. The molecule has 0 unspecified atom stereocenters. The van der Waals surface area contributed by atoms with Crippen molar-refractivity contribution in [1.82, 2.24) is 0 Å². The third-order valence-electron chi connectivity index (χ3n) is 2.15. The number of rotatable bonds is 1. The zero-order chi connectivity index (χ0) is 9.26. The van der Waals surface area contributed by atoms with Crippen LogP contribution in [-0.4, -0.2) is 7.11 Å². The quantitative estimate of drug-likeness (QED) is 0.733. The van der Waals surface area contributed by atoms with E-state index in [1.54, 1.807) is 7.11 Å². The Labute approximate surface area is 89.1 Å². The molecule has 0 spiro atoms. The van der Waals surface area contributed by atoms with E-state index < -0.39 is 0 Å². The molecular formula is C11H12ClNO. The van der Waals surface area contributed by atoms with Crippen LogP contribution < -0.4 is 10.5 Å². The van der Waals surface area contributed by atoms with Gasteiger partial charge in [0.15, 0.2) is 0 Å². The Morgan fingerprint density at radius 2 is 1.79 bits per heavy atom. The Balaban J connectivity index is 0.000000980. The minimum absolute atomic E-state index is 0. The second-order valence-corrected chi connectivity index (χ2v) is 2.90. The molecule has 0 aromatic heterocycles. The molecule has 2 nitrogen and oxygen atoms in total. The van der Waals surface area contributed by atoms with Gasteiger partial charge in [-0.25, -0.2) is 0 Å². The Morgan fingerprint density at radius 1 is 1.07 bits per heavy atom. The van der Waals surface area contributed by atoms with Crippen molar-refractivity contribution < 1.29 is 4.74 Å². The molecule has 0 saturated heterocycles. The van der Waals surface area contributed by atoms with Gasteiger partial charge in [-0.2, -0.15) is 0 Å². The molecule has 0 fully saturated rings. The van der Waals surface area contributed by atoms with Crippen molar-refractivity contribution >= 4 is 28.9 Å². The van der Waals surface area contributed by atoms with E-state index >= 15 is 0 Å². The number of halogens is 1. The topological polar surface area (TPSA) is 35.2 Å². The summed E-state index contributed by atoms with van der Waals surface area (Å²) in [6, 6.07) is 11.9. The minimum Gasteiger partial charge on any atom is -0.495 e. The number of methoxy groups -OCH3 is 1. The zero-order valence-corrected chi connectivity index (χ0v) is 8.67. The standard InChI is InChI=1S/C11H11NO.ClH/c1-13-10-7-6-8-4-2-3-5-9(8)11(10)12;/h2-7H,12H2,1H3;1H. The maximum atomic E-state index is 5.90. The predicted octanol–water partition coefficient (Wildman–Crippen LogP) is 2.85. The number of hydrogen-bond acceptors (Lipinski definition) is 2. The average Bonchev–Trinajstić information content (AvgIpc) is 2.19. The highest BCUT2D eigenvalue weighted by atomic mass is 35.5. The molecule has 0 bridgehead atoms. The monoisotopic (exact) mass is 209 g/mol. The number of benzene rings is 2. The van der Waals surface area contributed by atoms with E-state index in [-0.39, 0.29) is 12.4 Å². The first-order valence-corrected chi connectivity index (χ1v) is 4.14.